The number of rotatable bonds is 9. The molecule has 0 saturated carbocycles. The maximum Gasteiger partial charge on any atom is 0.340 e. The number of aromatic nitrogens is 3. The molecule has 1 aliphatic rings. The van der Waals surface area contributed by atoms with Crippen LogP contribution >= 0.6 is 26.8 Å². The van der Waals surface area contributed by atoms with Crippen molar-refractivity contribution in [2.24, 2.45) is 0 Å². The van der Waals surface area contributed by atoms with E-state index < -0.39 is 64.1 Å². The van der Waals surface area contributed by atoms with E-state index in [0.29, 0.717) is 22.3 Å². The van der Waals surface area contributed by atoms with Crippen LogP contribution in [0.3, 0.4) is 0 Å². The van der Waals surface area contributed by atoms with Gasteiger partial charge in [0.1, 0.15) is 29.6 Å². The first-order chi connectivity index (χ1) is 17.3. The summed E-state index contributed by atoms with van der Waals surface area (Å²) in [6.07, 6.45) is -5.83. The summed E-state index contributed by atoms with van der Waals surface area (Å²) in [5.41, 5.74) is 1.42. The Morgan fingerprint density at radius 1 is 1.22 bits per heavy atom. The molecule has 6 atom stereocenters. The zero-order valence-corrected chi connectivity index (χ0v) is 21.7. The molecule has 1 saturated heterocycles. The van der Waals surface area contributed by atoms with Crippen molar-refractivity contribution in [1.29, 1.82) is 0 Å². The van der Waals surface area contributed by atoms with Gasteiger partial charge < -0.3 is 39.5 Å². The predicted octanol–water partition coefficient (Wildman–Crippen LogP) is 2.35. The third-order valence-corrected chi connectivity index (χ3v) is 9.34. The van der Waals surface area contributed by atoms with E-state index in [1.54, 1.807) is 31.2 Å². The zero-order chi connectivity index (χ0) is 27.1. The molecule has 0 amide bonds. The lowest BCUT2D eigenvalue weighted by Gasteiger charge is -2.18. The Kier molecular flexibility index (Phi) is 8.08. The van der Waals surface area contributed by atoms with Crippen LogP contribution in [0.5, 0.6) is 0 Å². The Hall–Kier alpha value is -1.96. The Morgan fingerprint density at radius 2 is 1.92 bits per heavy atom. The number of aliphatic hydroxyl groups excluding tert-OH is 2. The lowest BCUT2D eigenvalue weighted by Crippen LogP contribution is -2.33. The highest BCUT2D eigenvalue weighted by molar-refractivity contribution is 7.70. The minimum atomic E-state index is -4.85. The van der Waals surface area contributed by atoms with Crippen molar-refractivity contribution in [3.63, 3.8) is 0 Å². The second-order valence-electron chi connectivity index (χ2n) is 8.53. The highest BCUT2D eigenvalue weighted by atomic mass is 35.5. The predicted molar refractivity (Wildman–Crippen MR) is 130 cm³/mol. The molecule has 1 aliphatic heterocycles. The van der Waals surface area contributed by atoms with E-state index in [4.69, 9.17) is 30.6 Å². The van der Waals surface area contributed by atoms with Gasteiger partial charge in [0.25, 0.3) is 0 Å². The fraction of sp³-hybridized carbons (Fsp3) is 0.400. The molecule has 0 aliphatic carbocycles. The number of aliphatic hydroxyl groups is 2. The fourth-order valence-corrected chi connectivity index (χ4v) is 6.75. The number of hydrogen-bond donors (Lipinski definition) is 6. The largest absolute Gasteiger partial charge is 0.387 e. The summed E-state index contributed by atoms with van der Waals surface area (Å²) in [6, 6.07) is 8.82. The number of fused-ring (bicyclic) bond motifs is 1. The highest BCUT2D eigenvalue weighted by Gasteiger charge is 2.46. The van der Waals surface area contributed by atoms with Crippen molar-refractivity contribution < 1.29 is 47.7 Å². The Morgan fingerprint density at radius 3 is 2.59 bits per heavy atom. The number of ether oxygens (including phenoxy) is 1. The molecule has 0 spiro atoms. The van der Waals surface area contributed by atoms with E-state index in [1.165, 1.54) is 12.1 Å². The van der Waals surface area contributed by atoms with Gasteiger partial charge in [-0.2, -0.15) is 0 Å². The second kappa shape index (κ2) is 10.7. The monoisotopic (exact) mass is 580 g/mol. The van der Waals surface area contributed by atoms with Crippen molar-refractivity contribution >= 4 is 43.5 Å². The third kappa shape index (κ3) is 6.37. The third-order valence-electron chi connectivity index (χ3n) is 5.67. The van der Waals surface area contributed by atoms with E-state index in [2.05, 4.69) is 15.6 Å². The molecule has 1 aromatic heterocycles. The molecule has 1 fully saturated rings. The number of anilines is 1. The normalized spacial score (nSPS) is 24.8. The van der Waals surface area contributed by atoms with Gasteiger partial charge in [0.15, 0.2) is 12.1 Å². The van der Waals surface area contributed by atoms with Crippen LogP contribution in [0.25, 0.3) is 11.0 Å². The summed E-state index contributed by atoms with van der Waals surface area (Å²) in [5, 5.41) is 32.5. The van der Waals surface area contributed by atoms with Gasteiger partial charge in [-0.3, -0.25) is 9.13 Å². The zero-order valence-electron chi connectivity index (χ0n) is 19.1. The maximum absolute atomic E-state index is 14.2. The first-order valence-electron chi connectivity index (χ1n) is 10.8. The van der Waals surface area contributed by atoms with Crippen molar-refractivity contribution in [2.75, 3.05) is 17.8 Å². The van der Waals surface area contributed by atoms with Gasteiger partial charge in [-0.15, -0.1) is 5.10 Å². The summed E-state index contributed by atoms with van der Waals surface area (Å²) in [6.45, 7) is 0.996. The second-order valence-corrected chi connectivity index (χ2v) is 13.0. The van der Waals surface area contributed by atoms with E-state index in [9.17, 15) is 28.6 Å². The van der Waals surface area contributed by atoms with Gasteiger partial charge in [0.05, 0.1) is 23.9 Å². The molecule has 0 radical (unpaired) electrons. The smallest absolute Gasteiger partial charge is 0.340 e. The SMILES string of the molecule is C[C@H](Nc1cc(Cl)cc2c1nnn2[C@H]1O[C@H](COP(=O)(O)CP(=O)(O)O)[C@@H](O)[C@H]1O)c1ccccc1F. The molecule has 17 heteroatoms. The quantitative estimate of drug-likeness (QED) is 0.202. The molecule has 0 bridgehead atoms. The van der Waals surface area contributed by atoms with E-state index in [1.807, 2.05) is 0 Å². The van der Waals surface area contributed by atoms with Crippen molar-refractivity contribution in [2.45, 2.75) is 37.5 Å². The number of nitrogens with zero attached hydrogens (tertiary/aromatic N) is 3. The molecule has 37 heavy (non-hydrogen) atoms. The van der Waals surface area contributed by atoms with Gasteiger partial charge in [0.2, 0.25) is 0 Å². The molecular weight excluding hydrogens is 557 g/mol. The molecular formula is C20H24ClFN4O9P2. The average molecular weight is 581 g/mol. The first-order valence-corrected chi connectivity index (χ1v) is 14.8. The van der Waals surface area contributed by atoms with Crippen LogP contribution < -0.4 is 5.32 Å². The van der Waals surface area contributed by atoms with Gasteiger partial charge in [-0.25, -0.2) is 9.07 Å². The summed E-state index contributed by atoms with van der Waals surface area (Å²) in [5.74, 6) is -1.82. The molecule has 6 N–H and O–H groups in total. The first kappa shape index (κ1) is 28.1. The van der Waals surface area contributed by atoms with Crippen LogP contribution in [0.4, 0.5) is 10.1 Å². The van der Waals surface area contributed by atoms with Crippen LogP contribution in [-0.2, 0) is 18.4 Å². The van der Waals surface area contributed by atoms with Gasteiger partial charge in [0, 0.05) is 10.6 Å². The number of halogens is 2. The van der Waals surface area contributed by atoms with Crippen molar-refractivity contribution in [1.82, 2.24) is 15.0 Å². The van der Waals surface area contributed by atoms with Gasteiger partial charge in [-0.1, -0.05) is 35.0 Å². The van der Waals surface area contributed by atoms with Crippen LogP contribution in [-0.4, -0.2) is 70.7 Å². The minimum Gasteiger partial charge on any atom is -0.387 e. The molecule has 2 aromatic carbocycles. The average Bonchev–Trinajstić information content (AvgIpc) is 3.32. The molecule has 2 heterocycles. The maximum atomic E-state index is 14.2. The Bertz CT molecular complexity index is 1390. The lowest BCUT2D eigenvalue weighted by atomic mass is 10.1. The Labute approximate surface area is 214 Å². The minimum absolute atomic E-state index is 0.255. The summed E-state index contributed by atoms with van der Waals surface area (Å²) in [4.78, 5) is 27.5. The lowest BCUT2D eigenvalue weighted by molar-refractivity contribution is -0.0547. The van der Waals surface area contributed by atoms with Crippen molar-refractivity contribution in [3.05, 3.63) is 52.8 Å². The van der Waals surface area contributed by atoms with Crippen LogP contribution in [0.15, 0.2) is 36.4 Å². The van der Waals surface area contributed by atoms with E-state index >= 15 is 0 Å². The van der Waals surface area contributed by atoms with Gasteiger partial charge >= 0.3 is 15.2 Å². The van der Waals surface area contributed by atoms with Crippen LogP contribution in [0.2, 0.25) is 5.02 Å². The molecule has 3 aromatic rings. The summed E-state index contributed by atoms with van der Waals surface area (Å²) >= 11 is 6.29. The Balaban J connectivity index is 1.56. The summed E-state index contributed by atoms with van der Waals surface area (Å²) in [7, 11) is -9.56. The molecule has 13 nitrogen and oxygen atoms in total. The summed E-state index contributed by atoms with van der Waals surface area (Å²) < 4.78 is 48.6. The van der Waals surface area contributed by atoms with Gasteiger partial charge in [-0.05, 0) is 25.1 Å². The topological polar surface area (TPSA) is 196 Å². The standard InChI is InChI=1S/C20H24ClFN4O9P2/c1-10(12-4-2-3-5-13(12)22)23-14-6-11(21)7-15-17(14)24-25-26(15)20-19(28)18(27)16(35-20)8-34-37(32,33)9-36(29,30)31/h2-7,10,16,18-20,23,27-28H,8-9H2,1H3,(H,32,33)(H2,29,30,31)/t10-,16+,18+,19+,20-/m0/s1. The van der Waals surface area contributed by atoms with E-state index in [-0.39, 0.29) is 5.02 Å². The molecule has 4 rings (SSSR count). The number of nitrogens with one attached hydrogen (secondary N) is 1. The number of hydrogen-bond acceptors (Lipinski definition) is 9. The van der Waals surface area contributed by atoms with Crippen LogP contribution in [0, 0.1) is 5.82 Å². The van der Waals surface area contributed by atoms with E-state index in [0.717, 1.165) is 4.68 Å². The molecule has 202 valence electrons. The number of benzene rings is 2. The molecule has 1 unspecified atom stereocenters. The van der Waals surface area contributed by atoms with Crippen molar-refractivity contribution in [3.8, 4) is 0 Å². The van der Waals surface area contributed by atoms with Crippen LogP contribution in [0.1, 0.15) is 24.8 Å². The highest BCUT2D eigenvalue weighted by Crippen LogP contribution is 2.55. The fourth-order valence-electron chi connectivity index (χ4n) is 3.97.